The average Bonchev–Trinajstić information content (AvgIpc) is 3.15. The largest absolute Gasteiger partial charge is 0.404 e. The van der Waals surface area contributed by atoms with Crippen molar-refractivity contribution < 1.29 is 14.4 Å². The summed E-state index contributed by atoms with van der Waals surface area (Å²) < 4.78 is 0. The number of benzene rings is 1. The van der Waals surface area contributed by atoms with E-state index in [2.05, 4.69) is 26.1 Å². The highest BCUT2D eigenvalue weighted by molar-refractivity contribution is 6.25. The van der Waals surface area contributed by atoms with E-state index in [9.17, 15) is 14.4 Å². The summed E-state index contributed by atoms with van der Waals surface area (Å²) in [6.45, 7) is 7.27. The van der Waals surface area contributed by atoms with Gasteiger partial charge in [-0.25, -0.2) is 0 Å². The van der Waals surface area contributed by atoms with Crippen LogP contribution in [-0.4, -0.2) is 48.8 Å². The van der Waals surface area contributed by atoms with Gasteiger partial charge in [-0.3, -0.25) is 14.6 Å². The molecule has 7 heteroatoms. The lowest BCUT2D eigenvalue weighted by Crippen LogP contribution is -2.46. The van der Waals surface area contributed by atoms with Crippen molar-refractivity contribution in [2.75, 3.05) is 14.1 Å². The molecular formula is C27H38N4O3. The summed E-state index contributed by atoms with van der Waals surface area (Å²) in [6.07, 6.45) is 6.38. The Morgan fingerprint density at radius 2 is 2.09 bits per heavy atom. The Kier molecular flexibility index (Phi) is 7.95. The molecule has 1 aromatic rings. The van der Waals surface area contributed by atoms with Crippen molar-refractivity contribution in [3.8, 4) is 0 Å². The van der Waals surface area contributed by atoms with Gasteiger partial charge >= 0.3 is 0 Å². The van der Waals surface area contributed by atoms with Crippen LogP contribution >= 0.6 is 0 Å². The van der Waals surface area contributed by atoms with Crippen LogP contribution in [0.4, 0.5) is 0 Å². The van der Waals surface area contributed by atoms with Crippen molar-refractivity contribution in [1.29, 1.82) is 0 Å². The molecule has 0 bridgehead atoms. The second kappa shape index (κ2) is 10.5. The summed E-state index contributed by atoms with van der Waals surface area (Å²) in [5.41, 5.74) is 10.5. The summed E-state index contributed by atoms with van der Waals surface area (Å²) in [7, 11) is 3.37. The van der Waals surface area contributed by atoms with Gasteiger partial charge in [-0.2, -0.15) is 0 Å². The predicted octanol–water partition coefficient (Wildman–Crippen LogP) is 3.57. The molecule has 0 saturated heterocycles. The summed E-state index contributed by atoms with van der Waals surface area (Å²) in [5, 5.41) is 2.62. The number of amides is 2. The standard InChI is InChI=1S/C27H38N4O3/c1-17-8-6-9-22(27(17,2)3)24(29-4)21(15-28)18-11-12-20-19(14-18)16-31(26(20)34)23(10-7-13-32)25(33)30-5/h11-15,17,22-23H,6-10,16,28H2,1-5H3,(H,30,33)/b21-15-,29-24?. The summed E-state index contributed by atoms with van der Waals surface area (Å²) in [5.74, 6) is 0.426. The van der Waals surface area contributed by atoms with Crippen LogP contribution in [0.2, 0.25) is 0 Å². The van der Waals surface area contributed by atoms with Gasteiger partial charge in [0.1, 0.15) is 12.3 Å². The number of fused-ring (bicyclic) bond motifs is 1. The predicted molar refractivity (Wildman–Crippen MR) is 135 cm³/mol. The smallest absolute Gasteiger partial charge is 0.255 e. The zero-order valence-electron chi connectivity index (χ0n) is 21.1. The number of nitrogens with two attached hydrogens (primary N) is 1. The first-order chi connectivity index (χ1) is 16.2. The number of hydrogen-bond acceptors (Lipinski definition) is 5. The summed E-state index contributed by atoms with van der Waals surface area (Å²) >= 11 is 0. The molecule has 34 heavy (non-hydrogen) atoms. The normalized spacial score (nSPS) is 23.4. The van der Waals surface area contributed by atoms with Crippen molar-refractivity contribution in [3.05, 3.63) is 41.1 Å². The molecule has 184 valence electrons. The minimum absolute atomic E-state index is 0.101. The maximum atomic E-state index is 13.1. The first kappa shape index (κ1) is 25.7. The van der Waals surface area contributed by atoms with E-state index < -0.39 is 6.04 Å². The molecule has 0 spiro atoms. The molecule has 3 rings (SSSR count). The quantitative estimate of drug-likeness (QED) is 0.451. The fourth-order valence-electron chi connectivity index (χ4n) is 5.58. The molecule has 1 aliphatic heterocycles. The zero-order valence-corrected chi connectivity index (χ0v) is 21.1. The van der Waals surface area contributed by atoms with E-state index >= 15 is 0 Å². The van der Waals surface area contributed by atoms with Gasteiger partial charge in [0.05, 0.1) is 0 Å². The molecule has 0 radical (unpaired) electrons. The Morgan fingerprint density at radius 3 is 2.71 bits per heavy atom. The number of carbonyl (C=O) groups excluding carboxylic acids is 3. The zero-order chi connectivity index (χ0) is 25.0. The lowest BCUT2D eigenvalue weighted by molar-refractivity contribution is -0.125. The summed E-state index contributed by atoms with van der Waals surface area (Å²) in [4.78, 5) is 42.8. The van der Waals surface area contributed by atoms with E-state index in [1.54, 1.807) is 18.1 Å². The minimum atomic E-state index is -0.680. The molecule has 3 atom stereocenters. The third kappa shape index (κ3) is 4.65. The Hall–Kier alpha value is -2.96. The first-order valence-corrected chi connectivity index (χ1v) is 12.2. The molecule has 7 nitrogen and oxygen atoms in total. The highest BCUT2D eigenvalue weighted by atomic mass is 16.2. The minimum Gasteiger partial charge on any atom is -0.404 e. The lowest BCUT2D eigenvalue weighted by atomic mass is 9.60. The van der Waals surface area contributed by atoms with Crippen LogP contribution < -0.4 is 11.1 Å². The fourth-order valence-corrected chi connectivity index (χ4v) is 5.58. The number of allylic oxidation sites excluding steroid dienone is 1. The molecule has 1 heterocycles. The molecule has 3 unspecified atom stereocenters. The van der Waals surface area contributed by atoms with E-state index in [1.165, 1.54) is 12.8 Å². The molecule has 3 N–H and O–H groups in total. The molecule has 2 amide bonds. The third-order valence-electron chi connectivity index (χ3n) is 8.04. The van der Waals surface area contributed by atoms with Gasteiger partial charge in [0, 0.05) is 56.0 Å². The van der Waals surface area contributed by atoms with Gasteiger partial charge in [0.2, 0.25) is 5.91 Å². The molecule has 1 saturated carbocycles. The first-order valence-electron chi connectivity index (χ1n) is 12.2. The average molecular weight is 467 g/mol. The number of aldehydes is 1. The molecule has 2 aliphatic rings. The molecule has 1 aromatic carbocycles. The Labute approximate surface area is 202 Å². The number of nitrogens with one attached hydrogen (secondary N) is 1. The molecule has 0 aromatic heterocycles. The van der Waals surface area contributed by atoms with Gasteiger partial charge in [0.15, 0.2) is 0 Å². The maximum absolute atomic E-state index is 13.1. The lowest BCUT2D eigenvalue weighted by Gasteiger charge is -2.44. The summed E-state index contributed by atoms with van der Waals surface area (Å²) in [6, 6.07) is 5.06. The van der Waals surface area contributed by atoms with Crippen LogP contribution in [0, 0.1) is 17.3 Å². The van der Waals surface area contributed by atoms with Crippen LogP contribution in [-0.2, 0) is 16.1 Å². The number of aliphatic imine (C=N–C) groups is 1. The molecular weight excluding hydrogens is 428 g/mol. The van der Waals surface area contributed by atoms with Crippen LogP contribution in [0.15, 0.2) is 29.4 Å². The Bertz CT molecular complexity index is 1010. The highest BCUT2D eigenvalue weighted by Crippen LogP contribution is 2.47. The van der Waals surface area contributed by atoms with Gasteiger partial charge in [-0.15, -0.1) is 0 Å². The number of hydrogen-bond donors (Lipinski definition) is 2. The fraction of sp³-hybridized carbons (Fsp3) is 0.556. The second-order valence-electron chi connectivity index (χ2n) is 10.1. The van der Waals surface area contributed by atoms with Gasteiger partial charge < -0.3 is 20.7 Å². The highest BCUT2D eigenvalue weighted by Gasteiger charge is 2.41. The van der Waals surface area contributed by atoms with Gasteiger partial charge in [-0.1, -0.05) is 39.7 Å². The molecule has 1 fully saturated rings. The van der Waals surface area contributed by atoms with Crippen molar-refractivity contribution >= 4 is 29.4 Å². The Morgan fingerprint density at radius 1 is 1.35 bits per heavy atom. The van der Waals surface area contributed by atoms with Crippen LogP contribution in [0.5, 0.6) is 0 Å². The van der Waals surface area contributed by atoms with Crippen molar-refractivity contribution in [2.45, 2.75) is 65.5 Å². The van der Waals surface area contributed by atoms with Crippen molar-refractivity contribution in [2.24, 2.45) is 28.0 Å². The van der Waals surface area contributed by atoms with E-state index in [1.807, 2.05) is 25.2 Å². The van der Waals surface area contributed by atoms with Crippen molar-refractivity contribution in [1.82, 2.24) is 10.2 Å². The van der Waals surface area contributed by atoms with E-state index in [4.69, 9.17) is 10.7 Å². The monoisotopic (exact) mass is 466 g/mol. The second-order valence-corrected chi connectivity index (χ2v) is 10.1. The maximum Gasteiger partial charge on any atom is 0.255 e. The third-order valence-corrected chi connectivity index (χ3v) is 8.04. The van der Waals surface area contributed by atoms with E-state index in [0.29, 0.717) is 30.4 Å². The number of nitrogens with zero attached hydrogens (tertiary/aromatic N) is 2. The number of rotatable bonds is 8. The number of likely N-dealkylation sites (N-methyl/N-ethyl adjacent to an activating group) is 1. The van der Waals surface area contributed by atoms with E-state index in [0.717, 1.165) is 35.1 Å². The van der Waals surface area contributed by atoms with E-state index in [-0.39, 0.29) is 23.7 Å². The Balaban J connectivity index is 1.93. The van der Waals surface area contributed by atoms with Gasteiger partial charge in [0.25, 0.3) is 5.91 Å². The van der Waals surface area contributed by atoms with Crippen LogP contribution in [0.25, 0.3) is 5.57 Å². The van der Waals surface area contributed by atoms with Crippen LogP contribution in [0.1, 0.15) is 74.4 Å². The van der Waals surface area contributed by atoms with Crippen molar-refractivity contribution in [3.63, 3.8) is 0 Å². The van der Waals surface area contributed by atoms with Crippen LogP contribution in [0.3, 0.4) is 0 Å². The SMILES string of the molecule is CN=C(/C(=C\N)c1ccc2c(c1)CN(C(CCC=O)C(=O)NC)C2=O)C1CCCC(C)C1(C)C. The van der Waals surface area contributed by atoms with Gasteiger partial charge in [-0.05, 0) is 47.4 Å². The molecule has 1 aliphatic carbocycles. The number of carbonyl (C=O) groups is 3. The topological polar surface area (TPSA) is 105 Å².